The van der Waals surface area contributed by atoms with Crippen molar-refractivity contribution in [2.45, 2.75) is 71.6 Å². The molecule has 5 aromatic rings. The molecule has 0 aromatic heterocycles. The number of rotatable bonds is 23. The van der Waals surface area contributed by atoms with Crippen LogP contribution >= 0.6 is 11.6 Å². The van der Waals surface area contributed by atoms with Crippen molar-refractivity contribution in [3.05, 3.63) is 163 Å². The molecule has 0 saturated heterocycles. The van der Waals surface area contributed by atoms with E-state index >= 15 is 0 Å². The Morgan fingerprint density at radius 3 is 1.60 bits per heavy atom. The van der Waals surface area contributed by atoms with Crippen molar-refractivity contribution in [1.29, 1.82) is 0 Å². The summed E-state index contributed by atoms with van der Waals surface area (Å²) in [4.78, 5) is 67.7. The van der Waals surface area contributed by atoms with Gasteiger partial charge in [0, 0.05) is 42.0 Å². The van der Waals surface area contributed by atoms with Crippen molar-refractivity contribution in [3.8, 4) is 34.5 Å². The zero-order valence-corrected chi connectivity index (χ0v) is 41.8. The van der Waals surface area contributed by atoms with E-state index in [1.54, 1.807) is 54.7 Å². The Morgan fingerprint density at radius 1 is 0.616 bits per heavy atom. The summed E-state index contributed by atoms with van der Waals surface area (Å²) in [7, 11) is 2.58. The molecule has 0 spiro atoms. The van der Waals surface area contributed by atoms with E-state index in [1.807, 2.05) is 45.0 Å². The highest BCUT2D eigenvalue weighted by Gasteiger charge is 2.39. The minimum absolute atomic E-state index is 0.00270. The second-order valence-corrected chi connectivity index (χ2v) is 17.4. The predicted octanol–water partition coefficient (Wildman–Crippen LogP) is 10.9. The first kappa shape index (κ1) is 52.7. The molecule has 0 radical (unpaired) electrons. The highest BCUT2D eigenvalue weighted by Crippen LogP contribution is 2.41. The Kier molecular flexibility index (Phi) is 17.6. The van der Waals surface area contributed by atoms with E-state index in [2.05, 4.69) is 0 Å². The molecule has 7 rings (SSSR count). The van der Waals surface area contributed by atoms with Crippen molar-refractivity contribution < 1.29 is 57.4 Å². The van der Waals surface area contributed by atoms with Gasteiger partial charge in [-0.05, 0) is 111 Å². The van der Waals surface area contributed by atoms with Gasteiger partial charge in [0.15, 0.2) is 23.0 Å². The third-order valence-electron chi connectivity index (χ3n) is 12.2. The molecule has 5 aromatic carbocycles. The van der Waals surface area contributed by atoms with Crippen LogP contribution in [0, 0.1) is 20.2 Å². The van der Waals surface area contributed by atoms with Crippen LogP contribution in [0.5, 0.6) is 34.5 Å². The molecule has 2 aliphatic rings. The molecular formula is C54H55ClN4O14. The molecule has 0 bridgehead atoms. The zero-order valence-electron chi connectivity index (χ0n) is 41.0. The van der Waals surface area contributed by atoms with Crippen LogP contribution in [0.4, 0.5) is 11.4 Å². The van der Waals surface area contributed by atoms with Crippen LogP contribution < -0.4 is 28.4 Å². The van der Waals surface area contributed by atoms with Crippen LogP contribution in [-0.4, -0.2) is 90.2 Å². The molecule has 2 atom stereocenters. The molecule has 0 aliphatic carbocycles. The fourth-order valence-corrected chi connectivity index (χ4v) is 8.55. The Morgan fingerprint density at radius 2 is 1.10 bits per heavy atom. The Bertz CT molecular complexity index is 2890. The summed E-state index contributed by atoms with van der Waals surface area (Å²) in [6, 6.07) is 25.0. The average Bonchev–Trinajstić information content (AvgIpc) is 4.02. The maximum Gasteiger partial charge on any atom is 0.329 e. The number of esters is 1. The van der Waals surface area contributed by atoms with Gasteiger partial charge in [-0.1, -0.05) is 48.0 Å². The van der Waals surface area contributed by atoms with Crippen LogP contribution in [0.25, 0.3) is 11.1 Å². The molecule has 0 unspecified atom stereocenters. The maximum absolute atomic E-state index is 14.4. The monoisotopic (exact) mass is 1020 g/mol. The molecule has 0 fully saturated rings. The van der Waals surface area contributed by atoms with Crippen LogP contribution in [0.3, 0.4) is 0 Å². The number of amides is 2. The van der Waals surface area contributed by atoms with Gasteiger partial charge in [-0.3, -0.25) is 34.7 Å². The Balaban J connectivity index is 1.03. The first-order valence-corrected chi connectivity index (χ1v) is 24.0. The SMILES string of the molecule is CCOc1ccc(C2=CN(C(=O)c3cc(OC)c(OCCCCCOc4cc([N+](=O)[O-])c(C(=O)N5C=C(c6ccc(OCC)cc6)C[C@H]5C(=O)OC)cc4OCc4ccc(Cl)cc4)cc3[N+](=O)[O-])[C@H](C)C2)cc1. The van der Waals surface area contributed by atoms with Gasteiger partial charge in [-0.2, -0.15) is 0 Å². The number of carbonyl (C=O) groups is 3. The lowest BCUT2D eigenvalue weighted by atomic mass is 10.0. The lowest BCUT2D eigenvalue weighted by molar-refractivity contribution is -0.385. The number of halogens is 1. The van der Waals surface area contributed by atoms with E-state index < -0.39 is 45.0 Å². The topological polar surface area (TPSA) is 209 Å². The Labute approximate surface area is 426 Å². The van der Waals surface area contributed by atoms with E-state index in [4.69, 9.17) is 44.8 Å². The summed E-state index contributed by atoms with van der Waals surface area (Å²) in [6.45, 7) is 6.83. The smallest absolute Gasteiger partial charge is 0.329 e. The van der Waals surface area contributed by atoms with Crippen molar-refractivity contribution in [2.24, 2.45) is 0 Å². The summed E-state index contributed by atoms with van der Waals surface area (Å²) in [5, 5.41) is 25.5. The zero-order chi connectivity index (χ0) is 52.2. The minimum Gasteiger partial charge on any atom is -0.494 e. The van der Waals surface area contributed by atoms with Crippen LogP contribution in [0.15, 0.2) is 109 Å². The van der Waals surface area contributed by atoms with Gasteiger partial charge in [0.25, 0.3) is 23.2 Å². The number of ether oxygens (including phenoxy) is 7. The third kappa shape index (κ3) is 12.7. The largest absolute Gasteiger partial charge is 0.494 e. The van der Waals surface area contributed by atoms with E-state index in [-0.39, 0.29) is 66.4 Å². The second-order valence-electron chi connectivity index (χ2n) is 17.0. The molecule has 2 aliphatic heterocycles. The van der Waals surface area contributed by atoms with E-state index in [0.717, 1.165) is 33.4 Å². The average molecular weight is 1020 g/mol. The molecule has 0 saturated carbocycles. The van der Waals surface area contributed by atoms with Crippen molar-refractivity contribution in [2.75, 3.05) is 40.6 Å². The summed E-state index contributed by atoms with van der Waals surface area (Å²) in [6.07, 6.45) is 5.28. The van der Waals surface area contributed by atoms with Crippen LogP contribution in [0.1, 0.15) is 90.3 Å². The molecular weight excluding hydrogens is 964 g/mol. The number of nitro groups is 2. The second kappa shape index (κ2) is 24.3. The van der Waals surface area contributed by atoms with Gasteiger partial charge in [0.2, 0.25) is 0 Å². The summed E-state index contributed by atoms with van der Waals surface area (Å²) < 4.78 is 39.9. The highest BCUT2D eigenvalue weighted by molar-refractivity contribution is 6.30. The predicted molar refractivity (Wildman–Crippen MR) is 271 cm³/mol. The fraction of sp³-hybridized carbons (Fsp3) is 0.315. The lowest BCUT2D eigenvalue weighted by Crippen LogP contribution is -2.39. The number of hydrogen-bond acceptors (Lipinski definition) is 14. The number of benzene rings is 5. The van der Waals surface area contributed by atoms with Crippen molar-refractivity contribution in [3.63, 3.8) is 0 Å². The third-order valence-corrected chi connectivity index (χ3v) is 12.4. The quantitative estimate of drug-likeness (QED) is 0.0258. The van der Waals surface area contributed by atoms with Crippen molar-refractivity contribution in [1.82, 2.24) is 9.80 Å². The lowest BCUT2D eigenvalue weighted by Gasteiger charge is -2.22. The van der Waals surface area contributed by atoms with E-state index in [9.17, 15) is 34.6 Å². The molecule has 19 heteroatoms. The van der Waals surface area contributed by atoms with Crippen LogP contribution in [-0.2, 0) is 16.1 Å². The van der Waals surface area contributed by atoms with Gasteiger partial charge in [-0.15, -0.1) is 0 Å². The maximum atomic E-state index is 14.4. The number of nitro benzene ring substituents is 2. The number of nitrogens with zero attached hydrogens (tertiary/aromatic N) is 4. The molecule has 2 heterocycles. The van der Waals surface area contributed by atoms with Crippen LogP contribution in [0.2, 0.25) is 5.02 Å². The van der Waals surface area contributed by atoms with Gasteiger partial charge in [-0.25, -0.2) is 4.79 Å². The summed E-state index contributed by atoms with van der Waals surface area (Å²) in [5.74, 6) is -0.450. The first-order valence-electron chi connectivity index (χ1n) is 23.7. The number of methoxy groups -OCH3 is 2. The standard InChI is InChI=1S/C54H55ClN4O14/c1-6-69-41-19-13-36(14-20-41)38-25-34(3)56(31-38)52(60)43-27-48(67-4)50(29-45(43)58(63)64)71-23-9-8-10-24-72-51-30-46(59(65)66)44(28-49(51)73-33-35-11-17-40(55)18-12-35)53(61)57-32-39(26-47(57)54(62)68-5)37-15-21-42(22-16-37)70-7-2/h11-22,27-32,34,47H,6-10,23-26,33H2,1-5H3/t34-,47+/m1/s1. The molecule has 2 amide bonds. The first-order chi connectivity index (χ1) is 35.2. The van der Waals surface area contributed by atoms with E-state index in [1.165, 1.54) is 43.5 Å². The normalized spacial score (nSPS) is 15.0. The Hall–Kier alpha value is -8.12. The molecule has 73 heavy (non-hydrogen) atoms. The van der Waals surface area contributed by atoms with Gasteiger partial charge >= 0.3 is 5.97 Å². The molecule has 382 valence electrons. The fourth-order valence-electron chi connectivity index (χ4n) is 8.43. The minimum atomic E-state index is -1.11. The van der Waals surface area contributed by atoms with Gasteiger partial charge < -0.3 is 38.1 Å². The highest BCUT2D eigenvalue weighted by atomic mass is 35.5. The number of unbranched alkanes of at least 4 members (excludes halogenated alkanes) is 2. The number of carbonyl (C=O) groups excluding carboxylic acids is 3. The summed E-state index contributed by atoms with van der Waals surface area (Å²) in [5.41, 5.74) is 2.37. The molecule has 18 nitrogen and oxygen atoms in total. The van der Waals surface area contributed by atoms with Gasteiger partial charge in [0.1, 0.15) is 35.3 Å². The van der Waals surface area contributed by atoms with Gasteiger partial charge in [0.05, 0.1) is 62.6 Å². The van der Waals surface area contributed by atoms with E-state index in [0.29, 0.717) is 60.8 Å². The van der Waals surface area contributed by atoms with Crippen molar-refractivity contribution >= 4 is 51.9 Å². The summed E-state index contributed by atoms with van der Waals surface area (Å²) >= 11 is 6.10. The number of hydrogen-bond donors (Lipinski definition) is 0. The molecule has 0 N–H and O–H groups in total.